The third-order valence-electron chi connectivity index (χ3n) is 3.74. The maximum Gasteiger partial charge on any atom is 0.317 e. The summed E-state index contributed by atoms with van der Waals surface area (Å²) in [5.74, 6) is -0.825. The van der Waals surface area contributed by atoms with Crippen molar-refractivity contribution in [1.29, 1.82) is 0 Å². The average Bonchev–Trinajstić information content (AvgIpc) is 2.50. The number of rotatable bonds is 4. The summed E-state index contributed by atoms with van der Waals surface area (Å²) in [7, 11) is 0. The van der Waals surface area contributed by atoms with E-state index in [1.54, 1.807) is 4.90 Å². The zero-order chi connectivity index (χ0) is 15.2. The summed E-state index contributed by atoms with van der Waals surface area (Å²) < 4.78 is 26.4. The molecule has 0 saturated carbocycles. The first-order chi connectivity index (χ1) is 10.1. The Bertz CT molecular complexity index is 497. The molecule has 1 fully saturated rings. The highest BCUT2D eigenvalue weighted by Gasteiger charge is 2.22. The lowest BCUT2D eigenvalue weighted by Crippen LogP contribution is -2.46. The standard InChI is InChI=1S/C15H20F2N2O2/c16-13-3-4-14(17)12(8-13)5-6-18-15(21)19-7-1-2-11(9-19)10-20/h3-4,8,11,20H,1-2,5-7,9-10H2,(H,18,21). The molecular formula is C15H20F2N2O2. The molecule has 2 amide bonds. The molecule has 6 heteroatoms. The number of urea groups is 1. The lowest BCUT2D eigenvalue weighted by Gasteiger charge is -2.31. The highest BCUT2D eigenvalue weighted by Crippen LogP contribution is 2.15. The molecule has 0 bridgehead atoms. The van der Waals surface area contributed by atoms with E-state index in [9.17, 15) is 13.6 Å². The van der Waals surface area contributed by atoms with E-state index in [1.807, 2.05) is 0 Å². The van der Waals surface area contributed by atoms with Crippen LogP contribution in [0.3, 0.4) is 0 Å². The minimum Gasteiger partial charge on any atom is -0.396 e. The van der Waals surface area contributed by atoms with E-state index < -0.39 is 11.6 Å². The molecule has 2 rings (SSSR count). The van der Waals surface area contributed by atoms with Gasteiger partial charge in [-0.2, -0.15) is 0 Å². The number of likely N-dealkylation sites (tertiary alicyclic amines) is 1. The van der Waals surface area contributed by atoms with Gasteiger partial charge >= 0.3 is 6.03 Å². The van der Waals surface area contributed by atoms with Crippen molar-refractivity contribution in [3.8, 4) is 0 Å². The second-order valence-corrected chi connectivity index (χ2v) is 5.35. The maximum absolute atomic E-state index is 13.4. The van der Waals surface area contributed by atoms with Crippen molar-refractivity contribution in [3.05, 3.63) is 35.4 Å². The number of piperidine rings is 1. The number of halogens is 2. The van der Waals surface area contributed by atoms with Gasteiger partial charge in [0.25, 0.3) is 0 Å². The summed E-state index contributed by atoms with van der Waals surface area (Å²) in [5.41, 5.74) is 0.252. The van der Waals surface area contributed by atoms with Gasteiger partial charge in [-0.05, 0) is 48.9 Å². The lowest BCUT2D eigenvalue weighted by atomic mass is 9.99. The van der Waals surface area contributed by atoms with Gasteiger partial charge in [0.1, 0.15) is 11.6 Å². The number of nitrogens with zero attached hydrogens (tertiary/aromatic N) is 1. The van der Waals surface area contributed by atoms with E-state index in [-0.39, 0.29) is 37.1 Å². The average molecular weight is 298 g/mol. The van der Waals surface area contributed by atoms with Crippen LogP contribution < -0.4 is 5.32 Å². The normalized spacial score (nSPS) is 18.6. The van der Waals surface area contributed by atoms with Gasteiger partial charge in [0.15, 0.2) is 0 Å². The van der Waals surface area contributed by atoms with Crippen LogP contribution in [0.15, 0.2) is 18.2 Å². The van der Waals surface area contributed by atoms with E-state index in [4.69, 9.17) is 5.11 Å². The number of carbonyl (C=O) groups is 1. The molecule has 1 aromatic carbocycles. The predicted octanol–water partition coefficient (Wildman–Crippen LogP) is 1.92. The Balaban J connectivity index is 1.80. The molecule has 0 spiro atoms. The Hall–Kier alpha value is -1.69. The van der Waals surface area contributed by atoms with Crippen molar-refractivity contribution in [3.63, 3.8) is 0 Å². The topological polar surface area (TPSA) is 52.6 Å². The highest BCUT2D eigenvalue weighted by atomic mass is 19.1. The molecule has 1 saturated heterocycles. The van der Waals surface area contributed by atoms with E-state index in [2.05, 4.69) is 5.32 Å². The van der Waals surface area contributed by atoms with Crippen LogP contribution in [0.4, 0.5) is 13.6 Å². The second-order valence-electron chi connectivity index (χ2n) is 5.35. The molecular weight excluding hydrogens is 278 g/mol. The van der Waals surface area contributed by atoms with E-state index in [1.165, 1.54) is 0 Å². The van der Waals surface area contributed by atoms with Crippen molar-refractivity contribution in [2.75, 3.05) is 26.2 Å². The van der Waals surface area contributed by atoms with E-state index in [0.717, 1.165) is 31.0 Å². The Labute approximate surface area is 122 Å². The van der Waals surface area contributed by atoms with Gasteiger partial charge < -0.3 is 15.3 Å². The van der Waals surface area contributed by atoms with Crippen LogP contribution in [0, 0.1) is 17.6 Å². The molecule has 2 N–H and O–H groups in total. The van der Waals surface area contributed by atoms with Crippen LogP contribution in [0.5, 0.6) is 0 Å². The van der Waals surface area contributed by atoms with Crippen molar-refractivity contribution >= 4 is 6.03 Å². The zero-order valence-electron chi connectivity index (χ0n) is 11.8. The molecule has 1 aromatic rings. The minimum atomic E-state index is -0.487. The first kappa shape index (κ1) is 15.7. The molecule has 0 radical (unpaired) electrons. The number of nitrogens with one attached hydrogen (secondary N) is 1. The van der Waals surface area contributed by atoms with Gasteiger partial charge in [0.2, 0.25) is 0 Å². The van der Waals surface area contributed by atoms with Crippen molar-refractivity contribution < 1.29 is 18.7 Å². The molecule has 0 aliphatic carbocycles. The number of aliphatic hydroxyl groups excluding tert-OH is 1. The number of hydrogen-bond donors (Lipinski definition) is 2. The molecule has 1 heterocycles. The minimum absolute atomic E-state index is 0.0816. The Kier molecular flexibility index (Phi) is 5.50. The van der Waals surface area contributed by atoms with E-state index in [0.29, 0.717) is 13.1 Å². The van der Waals surface area contributed by atoms with Gasteiger partial charge in [-0.15, -0.1) is 0 Å². The molecule has 1 aliphatic rings. The number of benzene rings is 1. The highest BCUT2D eigenvalue weighted by molar-refractivity contribution is 5.74. The fraction of sp³-hybridized carbons (Fsp3) is 0.533. The van der Waals surface area contributed by atoms with Crippen LogP contribution in [0.1, 0.15) is 18.4 Å². The smallest absolute Gasteiger partial charge is 0.317 e. The van der Waals surface area contributed by atoms with Crippen molar-refractivity contribution in [2.45, 2.75) is 19.3 Å². The van der Waals surface area contributed by atoms with Crippen LogP contribution in [-0.2, 0) is 6.42 Å². The van der Waals surface area contributed by atoms with Crippen LogP contribution in [0.2, 0.25) is 0 Å². The van der Waals surface area contributed by atoms with Crippen LogP contribution in [-0.4, -0.2) is 42.3 Å². The van der Waals surface area contributed by atoms with E-state index >= 15 is 0 Å². The summed E-state index contributed by atoms with van der Waals surface area (Å²) in [4.78, 5) is 13.6. The van der Waals surface area contributed by atoms with Crippen LogP contribution in [0.25, 0.3) is 0 Å². The summed E-state index contributed by atoms with van der Waals surface area (Å²) in [6.45, 7) is 1.53. The number of aliphatic hydroxyl groups is 1. The second kappa shape index (κ2) is 7.36. The predicted molar refractivity (Wildman–Crippen MR) is 74.8 cm³/mol. The molecule has 0 aromatic heterocycles. The molecule has 1 unspecified atom stereocenters. The summed E-state index contributed by atoms with van der Waals surface area (Å²) in [6.07, 6.45) is 2.04. The fourth-order valence-corrected chi connectivity index (χ4v) is 2.55. The molecule has 116 valence electrons. The Morgan fingerprint density at radius 2 is 2.24 bits per heavy atom. The first-order valence-corrected chi connectivity index (χ1v) is 7.17. The molecule has 1 aliphatic heterocycles. The number of hydrogen-bond acceptors (Lipinski definition) is 2. The summed E-state index contributed by atoms with van der Waals surface area (Å²) in [6, 6.07) is 3.08. The fourth-order valence-electron chi connectivity index (χ4n) is 2.55. The van der Waals surface area contributed by atoms with Crippen molar-refractivity contribution in [2.24, 2.45) is 5.92 Å². The van der Waals surface area contributed by atoms with Gasteiger partial charge in [-0.25, -0.2) is 13.6 Å². The van der Waals surface area contributed by atoms with Crippen LogP contribution >= 0.6 is 0 Å². The van der Waals surface area contributed by atoms with Gasteiger partial charge in [-0.1, -0.05) is 0 Å². The molecule has 21 heavy (non-hydrogen) atoms. The Morgan fingerprint density at radius 3 is 3.00 bits per heavy atom. The van der Waals surface area contributed by atoms with Gasteiger partial charge in [0.05, 0.1) is 0 Å². The molecule has 1 atom stereocenters. The number of carbonyl (C=O) groups excluding carboxylic acids is 1. The quantitative estimate of drug-likeness (QED) is 0.892. The summed E-state index contributed by atoms with van der Waals surface area (Å²) in [5, 5.41) is 11.8. The molecule has 4 nitrogen and oxygen atoms in total. The SMILES string of the molecule is O=C(NCCc1cc(F)ccc1F)N1CCCC(CO)C1. The van der Waals surface area contributed by atoms with Gasteiger partial charge in [-0.3, -0.25) is 0 Å². The monoisotopic (exact) mass is 298 g/mol. The van der Waals surface area contributed by atoms with Gasteiger partial charge in [0, 0.05) is 26.2 Å². The number of amides is 2. The zero-order valence-corrected chi connectivity index (χ0v) is 11.8. The lowest BCUT2D eigenvalue weighted by molar-refractivity contribution is 0.129. The van der Waals surface area contributed by atoms with Crippen molar-refractivity contribution in [1.82, 2.24) is 10.2 Å². The largest absolute Gasteiger partial charge is 0.396 e. The first-order valence-electron chi connectivity index (χ1n) is 7.17. The third-order valence-corrected chi connectivity index (χ3v) is 3.74. The Morgan fingerprint density at radius 1 is 1.43 bits per heavy atom. The third kappa shape index (κ3) is 4.39. The maximum atomic E-state index is 13.4. The summed E-state index contributed by atoms with van der Waals surface area (Å²) >= 11 is 0.